The van der Waals surface area contributed by atoms with Crippen LogP contribution in [0, 0.1) is 5.82 Å². The molecule has 0 fully saturated rings. The van der Waals surface area contributed by atoms with Crippen LogP contribution in [0.1, 0.15) is 12.0 Å². The van der Waals surface area contributed by atoms with Crippen molar-refractivity contribution in [3.8, 4) is 11.3 Å². The number of hydrogen-bond acceptors (Lipinski definition) is 3. The Hall–Kier alpha value is -2.99. The van der Waals surface area contributed by atoms with Crippen LogP contribution in [-0.2, 0) is 17.9 Å². The first-order valence-electron chi connectivity index (χ1n) is 8.36. The standard InChI is InChI=1S/C20H17ClFN3O2/c21-16-5-3-15(4-6-16)18-9-10-20(27)25(24-18)12-11-19(26)23-13-14-1-7-17(22)8-2-14/h1-10H,11-13H2,(H,23,26). The van der Waals surface area contributed by atoms with Gasteiger partial charge in [-0.3, -0.25) is 9.59 Å². The number of hydrogen-bond donors (Lipinski definition) is 1. The van der Waals surface area contributed by atoms with Gasteiger partial charge in [-0.05, 0) is 35.9 Å². The molecule has 1 amide bonds. The van der Waals surface area contributed by atoms with Crippen molar-refractivity contribution >= 4 is 17.5 Å². The minimum atomic E-state index is -0.323. The maximum atomic E-state index is 12.9. The quantitative estimate of drug-likeness (QED) is 0.707. The van der Waals surface area contributed by atoms with Crippen LogP contribution in [0.15, 0.2) is 65.5 Å². The number of halogens is 2. The van der Waals surface area contributed by atoms with Gasteiger partial charge in [0.25, 0.3) is 5.56 Å². The van der Waals surface area contributed by atoms with Gasteiger partial charge in [0.05, 0.1) is 12.2 Å². The molecule has 0 spiro atoms. The van der Waals surface area contributed by atoms with E-state index in [0.29, 0.717) is 17.3 Å². The number of carbonyl (C=O) groups excluding carboxylic acids is 1. The second-order valence-corrected chi connectivity index (χ2v) is 6.38. The average molecular weight is 386 g/mol. The molecule has 0 saturated heterocycles. The molecule has 2 aromatic carbocycles. The molecule has 0 radical (unpaired) electrons. The number of aryl methyl sites for hydroxylation is 1. The van der Waals surface area contributed by atoms with Gasteiger partial charge in [-0.15, -0.1) is 0 Å². The minimum Gasteiger partial charge on any atom is -0.352 e. The molecule has 138 valence electrons. The van der Waals surface area contributed by atoms with Crippen LogP contribution in [0.2, 0.25) is 5.02 Å². The summed E-state index contributed by atoms with van der Waals surface area (Å²) in [5.41, 5.74) is 1.97. The maximum Gasteiger partial charge on any atom is 0.266 e. The van der Waals surface area contributed by atoms with E-state index in [4.69, 9.17) is 11.6 Å². The molecule has 3 aromatic rings. The third kappa shape index (κ3) is 5.24. The summed E-state index contributed by atoms with van der Waals surface area (Å²) in [6.07, 6.45) is 0.109. The van der Waals surface area contributed by atoms with E-state index < -0.39 is 0 Å². The molecule has 5 nitrogen and oxygen atoms in total. The molecular weight excluding hydrogens is 369 g/mol. The summed E-state index contributed by atoms with van der Waals surface area (Å²) in [5.74, 6) is -0.541. The van der Waals surface area contributed by atoms with Crippen molar-refractivity contribution in [1.29, 1.82) is 0 Å². The van der Waals surface area contributed by atoms with Crippen molar-refractivity contribution in [2.45, 2.75) is 19.5 Å². The zero-order valence-corrected chi connectivity index (χ0v) is 15.1. The van der Waals surface area contributed by atoms with E-state index in [2.05, 4.69) is 10.4 Å². The fourth-order valence-electron chi connectivity index (χ4n) is 2.48. The third-order valence-electron chi connectivity index (χ3n) is 3.96. The molecular formula is C20H17ClFN3O2. The first-order valence-corrected chi connectivity index (χ1v) is 8.74. The van der Waals surface area contributed by atoms with Crippen LogP contribution >= 0.6 is 11.6 Å². The van der Waals surface area contributed by atoms with Crippen molar-refractivity contribution < 1.29 is 9.18 Å². The highest BCUT2D eigenvalue weighted by Gasteiger charge is 2.07. The van der Waals surface area contributed by atoms with Crippen molar-refractivity contribution in [3.05, 3.63) is 87.4 Å². The molecule has 1 N–H and O–H groups in total. The molecule has 0 atom stereocenters. The Morgan fingerprint density at radius 2 is 1.74 bits per heavy atom. The Morgan fingerprint density at radius 3 is 2.44 bits per heavy atom. The van der Waals surface area contributed by atoms with Crippen LogP contribution in [-0.4, -0.2) is 15.7 Å². The van der Waals surface area contributed by atoms with Crippen LogP contribution in [0.3, 0.4) is 0 Å². The average Bonchev–Trinajstić information content (AvgIpc) is 2.67. The first-order chi connectivity index (χ1) is 13.0. The normalized spacial score (nSPS) is 10.6. The van der Waals surface area contributed by atoms with Crippen LogP contribution in [0.25, 0.3) is 11.3 Å². The Morgan fingerprint density at radius 1 is 1.04 bits per heavy atom. The highest BCUT2D eigenvalue weighted by molar-refractivity contribution is 6.30. The molecule has 0 aliphatic carbocycles. The number of carbonyl (C=O) groups is 1. The van der Waals surface area contributed by atoms with E-state index in [1.54, 1.807) is 30.3 Å². The SMILES string of the molecule is O=C(CCn1nc(-c2ccc(Cl)cc2)ccc1=O)NCc1ccc(F)cc1. The van der Waals surface area contributed by atoms with Gasteiger partial charge < -0.3 is 5.32 Å². The van der Waals surface area contributed by atoms with Gasteiger partial charge in [-0.2, -0.15) is 5.10 Å². The smallest absolute Gasteiger partial charge is 0.266 e. The predicted molar refractivity (Wildman–Crippen MR) is 102 cm³/mol. The second-order valence-electron chi connectivity index (χ2n) is 5.94. The number of amides is 1. The van der Waals surface area contributed by atoms with Gasteiger partial charge in [0, 0.05) is 29.6 Å². The number of nitrogens with zero attached hydrogens (tertiary/aromatic N) is 2. The summed E-state index contributed by atoms with van der Waals surface area (Å²) in [4.78, 5) is 24.0. The Balaban J connectivity index is 1.60. The lowest BCUT2D eigenvalue weighted by atomic mass is 10.1. The lowest BCUT2D eigenvalue weighted by Crippen LogP contribution is -2.28. The van der Waals surface area contributed by atoms with E-state index in [0.717, 1.165) is 11.1 Å². The van der Waals surface area contributed by atoms with Crippen molar-refractivity contribution in [2.75, 3.05) is 0 Å². The van der Waals surface area contributed by atoms with Gasteiger partial charge in [0.15, 0.2) is 0 Å². The Bertz CT molecular complexity index is 985. The van der Waals surface area contributed by atoms with Crippen molar-refractivity contribution in [3.63, 3.8) is 0 Å². The Labute approximate surface area is 160 Å². The molecule has 0 saturated carbocycles. The summed E-state index contributed by atoms with van der Waals surface area (Å²) < 4.78 is 14.1. The predicted octanol–water partition coefficient (Wildman–Crippen LogP) is 3.41. The number of aromatic nitrogens is 2. The summed E-state index contributed by atoms with van der Waals surface area (Å²) >= 11 is 5.88. The monoisotopic (exact) mass is 385 g/mol. The molecule has 0 aliphatic heterocycles. The van der Waals surface area contributed by atoms with E-state index in [1.807, 2.05) is 12.1 Å². The van der Waals surface area contributed by atoms with E-state index in [-0.39, 0.29) is 30.2 Å². The summed E-state index contributed by atoms with van der Waals surface area (Å²) in [6, 6.07) is 16.1. The van der Waals surface area contributed by atoms with Gasteiger partial charge in [0.1, 0.15) is 5.82 Å². The topological polar surface area (TPSA) is 64.0 Å². The molecule has 1 aromatic heterocycles. The molecule has 27 heavy (non-hydrogen) atoms. The zero-order valence-electron chi connectivity index (χ0n) is 14.4. The molecule has 3 rings (SSSR count). The maximum absolute atomic E-state index is 12.9. The summed E-state index contributed by atoms with van der Waals surface area (Å²) in [5, 5.41) is 7.67. The summed E-state index contributed by atoms with van der Waals surface area (Å²) in [7, 11) is 0. The van der Waals surface area contributed by atoms with Crippen LogP contribution in [0.4, 0.5) is 4.39 Å². The van der Waals surface area contributed by atoms with E-state index in [1.165, 1.54) is 22.9 Å². The molecule has 0 aliphatic rings. The minimum absolute atomic E-state index is 0.109. The van der Waals surface area contributed by atoms with Gasteiger partial charge in [-0.25, -0.2) is 9.07 Å². The molecule has 0 unspecified atom stereocenters. The lowest BCUT2D eigenvalue weighted by molar-refractivity contribution is -0.121. The Kier molecular flexibility index (Phi) is 5.98. The van der Waals surface area contributed by atoms with Gasteiger partial charge >= 0.3 is 0 Å². The number of rotatable bonds is 6. The van der Waals surface area contributed by atoms with Gasteiger partial charge in [-0.1, -0.05) is 35.9 Å². The second kappa shape index (κ2) is 8.60. The lowest BCUT2D eigenvalue weighted by Gasteiger charge is -2.08. The fourth-order valence-corrected chi connectivity index (χ4v) is 2.61. The molecule has 7 heteroatoms. The number of nitrogens with one attached hydrogen (secondary N) is 1. The largest absolute Gasteiger partial charge is 0.352 e. The first kappa shape index (κ1) is 18.8. The third-order valence-corrected chi connectivity index (χ3v) is 4.21. The van der Waals surface area contributed by atoms with E-state index >= 15 is 0 Å². The fraction of sp³-hybridized carbons (Fsp3) is 0.150. The highest BCUT2D eigenvalue weighted by Crippen LogP contribution is 2.18. The molecule has 1 heterocycles. The van der Waals surface area contributed by atoms with Gasteiger partial charge in [0.2, 0.25) is 5.91 Å². The van der Waals surface area contributed by atoms with Crippen LogP contribution < -0.4 is 10.9 Å². The van der Waals surface area contributed by atoms with E-state index in [9.17, 15) is 14.0 Å². The summed E-state index contributed by atoms with van der Waals surface area (Å²) in [6.45, 7) is 0.460. The molecule has 0 bridgehead atoms. The zero-order chi connectivity index (χ0) is 19.2. The number of benzene rings is 2. The van der Waals surface area contributed by atoms with Crippen molar-refractivity contribution in [2.24, 2.45) is 0 Å². The van der Waals surface area contributed by atoms with Crippen LogP contribution in [0.5, 0.6) is 0 Å². The van der Waals surface area contributed by atoms with Crippen molar-refractivity contribution in [1.82, 2.24) is 15.1 Å². The highest BCUT2D eigenvalue weighted by atomic mass is 35.5.